The molecule has 0 aromatic heterocycles. The van der Waals surface area contributed by atoms with E-state index in [9.17, 15) is 14.8 Å². The molecule has 0 bridgehead atoms. The van der Waals surface area contributed by atoms with E-state index in [0.29, 0.717) is 0 Å². The van der Waals surface area contributed by atoms with Crippen molar-refractivity contribution in [3.63, 3.8) is 0 Å². The Hall–Kier alpha value is -0.0900. The predicted octanol–water partition coefficient (Wildman–Crippen LogP) is -2.48. The molecule has 102 valence electrons. The Morgan fingerprint density at radius 1 is 1.35 bits per heavy atom. The summed E-state index contributed by atoms with van der Waals surface area (Å²) in [6.45, 7) is -0.588. The number of ether oxygens (including phenoxy) is 2. The first-order valence-corrected chi connectivity index (χ1v) is 6.29. The van der Waals surface area contributed by atoms with Crippen molar-refractivity contribution in [1.29, 1.82) is 0 Å². The molecule has 17 heavy (non-hydrogen) atoms. The highest BCUT2D eigenvalue weighted by Gasteiger charge is 2.43. The van der Waals surface area contributed by atoms with Crippen LogP contribution in [0.2, 0.25) is 0 Å². The molecule has 9 nitrogen and oxygen atoms in total. The van der Waals surface area contributed by atoms with Crippen molar-refractivity contribution in [2.45, 2.75) is 30.6 Å². The molecule has 1 rings (SSSR count). The number of methoxy groups -OCH3 is 1. The lowest BCUT2D eigenvalue weighted by molar-refractivity contribution is -0.256. The Bertz CT molecular complexity index is 294. The number of rotatable bonds is 4. The average Bonchev–Trinajstić information content (AvgIpc) is 2.24. The van der Waals surface area contributed by atoms with Gasteiger partial charge in [-0.05, 0) is 0 Å². The lowest BCUT2D eigenvalue weighted by atomic mass is 9.98. The fourth-order valence-corrected chi connectivity index (χ4v) is 1.81. The van der Waals surface area contributed by atoms with E-state index in [2.05, 4.69) is 4.52 Å². The SMILES string of the molecule is CO[C@H]1O[C@H](COP(=O)(O)O)[C@@H](O)[C@H](O)[C@H]1N. The van der Waals surface area contributed by atoms with Crippen LogP contribution in [-0.2, 0) is 18.6 Å². The first kappa shape index (κ1) is 15.0. The van der Waals surface area contributed by atoms with Crippen LogP contribution in [0.3, 0.4) is 0 Å². The normalized spacial score (nSPS) is 39.3. The minimum Gasteiger partial charge on any atom is -0.388 e. The molecule has 5 atom stereocenters. The standard InChI is InChI=1S/C7H16NO8P/c1-14-7-4(8)6(10)5(9)3(16-7)2-15-17(11,12)13/h3-7,9-10H,2,8H2,1H3,(H2,11,12,13)/t3-,4-,5-,6-,7+/m1/s1. The number of phosphoric ester groups is 1. The monoisotopic (exact) mass is 273 g/mol. The van der Waals surface area contributed by atoms with E-state index < -0.39 is 45.1 Å². The zero-order valence-electron chi connectivity index (χ0n) is 9.04. The zero-order valence-corrected chi connectivity index (χ0v) is 9.93. The van der Waals surface area contributed by atoms with Gasteiger partial charge in [0.25, 0.3) is 0 Å². The van der Waals surface area contributed by atoms with Crippen molar-refractivity contribution in [1.82, 2.24) is 0 Å². The molecule has 0 aliphatic carbocycles. The number of aliphatic hydroxyl groups is 2. The molecule has 0 unspecified atom stereocenters. The van der Waals surface area contributed by atoms with Gasteiger partial charge in [0.15, 0.2) is 6.29 Å². The Labute approximate surface area is 97.3 Å². The van der Waals surface area contributed by atoms with Crippen molar-refractivity contribution in [3.8, 4) is 0 Å². The summed E-state index contributed by atoms with van der Waals surface area (Å²) >= 11 is 0. The van der Waals surface area contributed by atoms with Gasteiger partial charge in [-0.15, -0.1) is 0 Å². The highest BCUT2D eigenvalue weighted by Crippen LogP contribution is 2.36. The highest BCUT2D eigenvalue weighted by molar-refractivity contribution is 7.46. The van der Waals surface area contributed by atoms with Crippen LogP contribution in [-0.4, -0.2) is 64.4 Å². The topological polar surface area (TPSA) is 152 Å². The number of hydrogen-bond acceptors (Lipinski definition) is 7. The minimum atomic E-state index is -4.67. The summed E-state index contributed by atoms with van der Waals surface area (Å²) < 4.78 is 24.6. The molecule has 6 N–H and O–H groups in total. The Kier molecular flexibility index (Phi) is 5.02. The Morgan fingerprint density at radius 3 is 2.41 bits per heavy atom. The van der Waals surface area contributed by atoms with Crippen LogP contribution in [0.5, 0.6) is 0 Å². The first-order chi connectivity index (χ1) is 7.76. The van der Waals surface area contributed by atoms with E-state index in [0.717, 1.165) is 0 Å². The largest absolute Gasteiger partial charge is 0.469 e. The number of aliphatic hydroxyl groups excluding tert-OH is 2. The van der Waals surface area contributed by atoms with Crippen molar-refractivity contribution in [3.05, 3.63) is 0 Å². The smallest absolute Gasteiger partial charge is 0.388 e. The summed E-state index contributed by atoms with van der Waals surface area (Å²) in [7, 11) is -3.38. The zero-order chi connectivity index (χ0) is 13.2. The van der Waals surface area contributed by atoms with Gasteiger partial charge >= 0.3 is 7.82 Å². The molecule has 0 amide bonds. The summed E-state index contributed by atoms with van der Waals surface area (Å²) in [6.07, 6.45) is -4.87. The lowest BCUT2D eigenvalue weighted by Crippen LogP contribution is -2.62. The van der Waals surface area contributed by atoms with Crippen molar-refractivity contribution in [2.24, 2.45) is 5.73 Å². The van der Waals surface area contributed by atoms with Gasteiger partial charge in [-0.2, -0.15) is 0 Å². The van der Waals surface area contributed by atoms with Crippen LogP contribution < -0.4 is 5.73 Å². The molecule has 10 heteroatoms. The third kappa shape index (κ3) is 3.95. The van der Waals surface area contributed by atoms with Crippen LogP contribution in [0, 0.1) is 0 Å². The van der Waals surface area contributed by atoms with Gasteiger partial charge in [0.1, 0.15) is 18.3 Å². The Morgan fingerprint density at radius 2 is 1.94 bits per heavy atom. The fraction of sp³-hybridized carbons (Fsp3) is 1.00. The second kappa shape index (κ2) is 5.70. The van der Waals surface area contributed by atoms with E-state index in [1.807, 2.05) is 0 Å². The maximum absolute atomic E-state index is 10.5. The molecule has 1 aliphatic heterocycles. The summed E-state index contributed by atoms with van der Waals surface area (Å²) in [6, 6.07) is -0.957. The summed E-state index contributed by atoms with van der Waals surface area (Å²) in [5.41, 5.74) is 5.51. The molecule has 0 radical (unpaired) electrons. The first-order valence-electron chi connectivity index (χ1n) is 4.76. The molecular formula is C7H16NO8P. The molecule has 1 aliphatic rings. The molecule has 0 aromatic carbocycles. The second-order valence-electron chi connectivity index (χ2n) is 3.62. The van der Waals surface area contributed by atoms with E-state index in [1.54, 1.807) is 0 Å². The van der Waals surface area contributed by atoms with Crippen molar-refractivity contribution >= 4 is 7.82 Å². The molecule has 0 saturated carbocycles. The average molecular weight is 273 g/mol. The molecule has 0 aromatic rings. The molecule has 0 spiro atoms. The van der Waals surface area contributed by atoms with Crippen LogP contribution in [0.25, 0.3) is 0 Å². The summed E-state index contributed by atoms with van der Waals surface area (Å²) in [4.78, 5) is 17.0. The van der Waals surface area contributed by atoms with Crippen LogP contribution >= 0.6 is 7.82 Å². The van der Waals surface area contributed by atoms with Gasteiger partial charge in [0, 0.05) is 7.11 Å². The van der Waals surface area contributed by atoms with Crippen LogP contribution in [0.15, 0.2) is 0 Å². The maximum atomic E-state index is 10.5. The third-order valence-corrected chi connectivity index (χ3v) is 2.87. The van der Waals surface area contributed by atoms with Crippen LogP contribution in [0.1, 0.15) is 0 Å². The molecule has 1 fully saturated rings. The van der Waals surface area contributed by atoms with Gasteiger partial charge in [-0.1, -0.05) is 0 Å². The highest BCUT2D eigenvalue weighted by atomic mass is 31.2. The summed E-state index contributed by atoms with van der Waals surface area (Å²) in [5, 5.41) is 19.1. The summed E-state index contributed by atoms with van der Waals surface area (Å²) in [5.74, 6) is 0. The number of nitrogens with two attached hydrogens (primary N) is 1. The number of phosphoric acid groups is 1. The quantitative estimate of drug-likeness (QED) is 0.350. The van der Waals surface area contributed by atoms with E-state index >= 15 is 0 Å². The maximum Gasteiger partial charge on any atom is 0.469 e. The lowest BCUT2D eigenvalue weighted by Gasteiger charge is -2.40. The van der Waals surface area contributed by atoms with Gasteiger partial charge < -0.3 is 35.2 Å². The van der Waals surface area contributed by atoms with E-state index in [-0.39, 0.29) is 0 Å². The predicted molar refractivity (Wildman–Crippen MR) is 53.7 cm³/mol. The van der Waals surface area contributed by atoms with Gasteiger partial charge in [-0.25, -0.2) is 4.57 Å². The van der Waals surface area contributed by atoms with Gasteiger partial charge in [0.2, 0.25) is 0 Å². The second-order valence-corrected chi connectivity index (χ2v) is 4.86. The molecule has 1 heterocycles. The fourth-order valence-electron chi connectivity index (χ4n) is 1.47. The minimum absolute atomic E-state index is 0.588. The van der Waals surface area contributed by atoms with Gasteiger partial charge in [-0.3, -0.25) is 4.52 Å². The van der Waals surface area contributed by atoms with Crippen LogP contribution in [0.4, 0.5) is 0 Å². The number of hydrogen-bond donors (Lipinski definition) is 5. The molecule has 1 saturated heterocycles. The Balaban J connectivity index is 2.62. The molecular weight excluding hydrogens is 257 g/mol. The van der Waals surface area contributed by atoms with Gasteiger partial charge in [0.05, 0.1) is 12.6 Å². The van der Waals surface area contributed by atoms with E-state index in [4.69, 9.17) is 25.0 Å². The van der Waals surface area contributed by atoms with Crippen molar-refractivity contribution < 1.29 is 38.6 Å². The van der Waals surface area contributed by atoms with Crippen molar-refractivity contribution in [2.75, 3.05) is 13.7 Å². The van der Waals surface area contributed by atoms with E-state index in [1.165, 1.54) is 7.11 Å². The third-order valence-electron chi connectivity index (χ3n) is 2.39.